The molecule has 0 heterocycles. The van der Waals surface area contributed by atoms with E-state index < -0.39 is 0 Å². The highest BCUT2D eigenvalue weighted by atomic mass is 127. The first-order valence-corrected chi connectivity index (χ1v) is 6.08. The average Bonchev–Trinajstić information content (AvgIpc) is 2.20. The average molecular weight is 369 g/mol. The van der Waals surface area contributed by atoms with Crippen molar-refractivity contribution in [2.75, 3.05) is 7.11 Å². The lowest BCUT2D eigenvalue weighted by atomic mass is 10.1. The van der Waals surface area contributed by atoms with Crippen molar-refractivity contribution < 1.29 is 9.53 Å². The molecule has 1 atom stereocenters. The molecule has 1 rings (SSSR count). The summed E-state index contributed by atoms with van der Waals surface area (Å²) in [5.41, 5.74) is 1.15. The molecule has 0 saturated heterocycles. The lowest BCUT2D eigenvalue weighted by Crippen LogP contribution is -2.05. The summed E-state index contributed by atoms with van der Waals surface area (Å²) in [6.07, 6.45) is 1.62. The van der Waals surface area contributed by atoms with E-state index in [1.54, 1.807) is 7.11 Å². The molecule has 0 aromatic heterocycles. The second-order valence-electron chi connectivity index (χ2n) is 2.81. The molecule has 0 aliphatic rings. The van der Waals surface area contributed by atoms with Crippen LogP contribution in [0.15, 0.2) is 18.2 Å². The minimum atomic E-state index is -0.107. The molecular weight excluding hydrogens is 359 g/mol. The Morgan fingerprint density at radius 3 is 2.86 bits per heavy atom. The highest BCUT2D eigenvalue weighted by Gasteiger charge is 2.07. The number of carbonyl (C=O) groups is 1. The molecule has 1 unspecified atom stereocenters. The van der Waals surface area contributed by atoms with Gasteiger partial charge < -0.3 is 9.53 Å². The first-order chi connectivity index (χ1) is 6.67. The maximum Gasteiger partial charge on any atom is 0.133 e. The Morgan fingerprint density at radius 2 is 2.36 bits per heavy atom. The van der Waals surface area contributed by atoms with E-state index in [0.29, 0.717) is 6.42 Å². The van der Waals surface area contributed by atoms with Gasteiger partial charge in [0.1, 0.15) is 12.0 Å². The van der Waals surface area contributed by atoms with Crippen molar-refractivity contribution in [2.24, 2.45) is 0 Å². The maximum atomic E-state index is 10.5. The molecule has 4 heteroatoms. The Labute approximate surface area is 105 Å². The van der Waals surface area contributed by atoms with Crippen molar-refractivity contribution in [3.63, 3.8) is 0 Å². The van der Waals surface area contributed by atoms with Gasteiger partial charge in [0, 0.05) is 3.57 Å². The molecule has 14 heavy (non-hydrogen) atoms. The third kappa shape index (κ3) is 3.24. The fourth-order valence-corrected chi connectivity index (χ4v) is 2.13. The van der Waals surface area contributed by atoms with Gasteiger partial charge in [-0.3, -0.25) is 0 Å². The zero-order chi connectivity index (χ0) is 10.6. The second kappa shape index (κ2) is 5.70. The third-order valence-electron chi connectivity index (χ3n) is 1.82. The highest BCUT2D eigenvalue weighted by Crippen LogP contribution is 2.21. The van der Waals surface area contributed by atoms with E-state index in [0.717, 1.165) is 21.2 Å². The first-order valence-electron chi connectivity index (χ1n) is 4.09. The van der Waals surface area contributed by atoms with Crippen molar-refractivity contribution in [3.05, 3.63) is 27.3 Å². The van der Waals surface area contributed by atoms with Gasteiger partial charge >= 0.3 is 0 Å². The quantitative estimate of drug-likeness (QED) is 0.464. The number of hydrogen-bond acceptors (Lipinski definition) is 2. The van der Waals surface area contributed by atoms with Gasteiger partial charge in [-0.05, 0) is 46.7 Å². The number of benzene rings is 1. The summed E-state index contributed by atoms with van der Waals surface area (Å²) in [5.74, 6) is 0.843. The molecule has 2 nitrogen and oxygen atoms in total. The Morgan fingerprint density at radius 1 is 1.64 bits per heavy atom. The van der Waals surface area contributed by atoms with Crippen LogP contribution in [0, 0.1) is 3.57 Å². The third-order valence-corrected chi connectivity index (χ3v) is 3.37. The fourth-order valence-electron chi connectivity index (χ4n) is 1.08. The van der Waals surface area contributed by atoms with Crippen molar-refractivity contribution in [3.8, 4) is 5.75 Å². The van der Waals surface area contributed by atoms with E-state index in [-0.39, 0.29) is 4.83 Å². The molecule has 0 saturated carbocycles. The summed E-state index contributed by atoms with van der Waals surface area (Å²) < 4.78 is 6.21. The van der Waals surface area contributed by atoms with E-state index in [4.69, 9.17) is 4.74 Å². The molecule has 0 aliphatic carbocycles. The van der Waals surface area contributed by atoms with Gasteiger partial charge in [-0.2, -0.15) is 0 Å². The molecule has 0 aliphatic heterocycles. The molecule has 76 valence electrons. The van der Waals surface area contributed by atoms with Gasteiger partial charge in [0.15, 0.2) is 0 Å². The standard InChI is InChI=1S/C10H10BrIO2/c1-14-9-3-2-7(10(12)5-9)4-8(11)6-13/h2-3,5-6,8H,4H2,1H3. The van der Waals surface area contributed by atoms with E-state index in [1.807, 2.05) is 18.2 Å². The van der Waals surface area contributed by atoms with Crippen LogP contribution >= 0.6 is 38.5 Å². The van der Waals surface area contributed by atoms with Crippen LogP contribution < -0.4 is 4.74 Å². The minimum Gasteiger partial charge on any atom is -0.497 e. The number of alkyl halides is 1. The summed E-state index contributed by atoms with van der Waals surface area (Å²) in [6.45, 7) is 0. The van der Waals surface area contributed by atoms with E-state index in [1.165, 1.54) is 0 Å². The highest BCUT2D eigenvalue weighted by molar-refractivity contribution is 14.1. The van der Waals surface area contributed by atoms with Crippen LogP contribution in [-0.4, -0.2) is 18.2 Å². The fraction of sp³-hybridized carbons (Fsp3) is 0.300. The van der Waals surface area contributed by atoms with Gasteiger partial charge in [-0.25, -0.2) is 0 Å². The molecule has 1 aromatic rings. The largest absolute Gasteiger partial charge is 0.497 e. The SMILES string of the molecule is COc1ccc(CC(Br)C=O)c(I)c1. The Balaban J connectivity index is 2.83. The summed E-state index contributed by atoms with van der Waals surface area (Å²) >= 11 is 5.52. The smallest absolute Gasteiger partial charge is 0.133 e. The molecule has 1 aromatic carbocycles. The number of aldehydes is 1. The zero-order valence-electron chi connectivity index (χ0n) is 7.67. The van der Waals surface area contributed by atoms with Crippen molar-refractivity contribution in [1.29, 1.82) is 0 Å². The van der Waals surface area contributed by atoms with Crippen LogP contribution in [0.2, 0.25) is 0 Å². The summed E-state index contributed by atoms with van der Waals surface area (Å²) in [4.78, 5) is 10.4. The number of rotatable bonds is 4. The van der Waals surface area contributed by atoms with Crippen molar-refractivity contribution in [2.45, 2.75) is 11.2 Å². The van der Waals surface area contributed by atoms with Gasteiger partial charge in [0.05, 0.1) is 11.9 Å². The summed E-state index contributed by atoms with van der Waals surface area (Å²) in [5, 5.41) is 0. The van der Waals surface area contributed by atoms with Crippen LogP contribution in [0.3, 0.4) is 0 Å². The van der Waals surface area contributed by atoms with Crippen LogP contribution in [0.1, 0.15) is 5.56 Å². The number of methoxy groups -OCH3 is 1. The topological polar surface area (TPSA) is 26.3 Å². The lowest BCUT2D eigenvalue weighted by molar-refractivity contribution is -0.107. The maximum absolute atomic E-state index is 10.5. The van der Waals surface area contributed by atoms with Crippen molar-refractivity contribution in [1.82, 2.24) is 0 Å². The molecular formula is C10H10BrIO2. The number of halogens is 2. The molecule has 0 bridgehead atoms. The molecule has 0 N–H and O–H groups in total. The van der Waals surface area contributed by atoms with Gasteiger partial charge in [0.2, 0.25) is 0 Å². The van der Waals surface area contributed by atoms with Crippen LogP contribution in [0.5, 0.6) is 5.75 Å². The van der Waals surface area contributed by atoms with Crippen LogP contribution in [-0.2, 0) is 11.2 Å². The number of carbonyl (C=O) groups excluding carboxylic acids is 1. The second-order valence-corrected chi connectivity index (χ2v) is 5.15. The van der Waals surface area contributed by atoms with Crippen molar-refractivity contribution >= 4 is 44.8 Å². The number of hydrogen-bond donors (Lipinski definition) is 0. The first kappa shape index (κ1) is 12.0. The van der Waals surface area contributed by atoms with Gasteiger partial charge in [-0.1, -0.05) is 22.0 Å². The van der Waals surface area contributed by atoms with E-state index in [9.17, 15) is 4.79 Å². The van der Waals surface area contributed by atoms with Gasteiger partial charge in [-0.15, -0.1) is 0 Å². The molecule has 0 amide bonds. The van der Waals surface area contributed by atoms with E-state index in [2.05, 4.69) is 38.5 Å². The Hall–Kier alpha value is -0.100. The molecule has 0 radical (unpaired) electrons. The number of ether oxygens (including phenoxy) is 1. The Bertz CT molecular complexity index is 328. The zero-order valence-corrected chi connectivity index (χ0v) is 11.4. The molecule has 0 fully saturated rings. The predicted molar refractivity (Wildman–Crippen MR) is 68.2 cm³/mol. The minimum absolute atomic E-state index is 0.107. The van der Waals surface area contributed by atoms with Crippen LogP contribution in [0.4, 0.5) is 0 Å². The molecule has 0 spiro atoms. The summed E-state index contributed by atoms with van der Waals surface area (Å²) in [7, 11) is 1.64. The van der Waals surface area contributed by atoms with E-state index >= 15 is 0 Å². The van der Waals surface area contributed by atoms with Gasteiger partial charge in [0.25, 0.3) is 0 Å². The Kier molecular flexibility index (Phi) is 4.88. The lowest BCUT2D eigenvalue weighted by Gasteiger charge is -2.07. The predicted octanol–water partition coefficient (Wildman–Crippen LogP) is 2.80. The monoisotopic (exact) mass is 368 g/mol. The van der Waals surface area contributed by atoms with Crippen LogP contribution in [0.25, 0.3) is 0 Å². The normalized spacial score (nSPS) is 12.2. The summed E-state index contributed by atoms with van der Waals surface area (Å²) in [6, 6.07) is 5.85.